The van der Waals surface area contributed by atoms with Crippen molar-refractivity contribution in [3.8, 4) is 11.5 Å². The van der Waals surface area contributed by atoms with Crippen LogP contribution in [0.3, 0.4) is 0 Å². The van der Waals surface area contributed by atoms with Gasteiger partial charge in [-0.1, -0.05) is 12.1 Å². The predicted molar refractivity (Wildman–Crippen MR) is 80.2 cm³/mol. The molecule has 4 nitrogen and oxygen atoms in total. The van der Waals surface area contributed by atoms with Gasteiger partial charge >= 0.3 is 5.97 Å². The predicted octanol–water partition coefficient (Wildman–Crippen LogP) is 3.59. The number of carbonyl (C=O) groups is 1. The van der Waals surface area contributed by atoms with Crippen molar-refractivity contribution in [2.24, 2.45) is 0 Å². The van der Waals surface area contributed by atoms with Gasteiger partial charge in [0.05, 0.1) is 12.7 Å². The molecular formula is C17H18O4. The molecule has 0 fully saturated rings. The number of aromatic carboxylic acids is 1. The van der Waals surface area contributed by atoms with E-state index in [-0.39, 0.29) is 12.2 Å². The van der Waals surface area contributed by atoms with Gasteiger partial charge in [-0.25, -0.2) is 4.79 Å². The molecule has 2 aromatic rings. The smallest absolute Gasteiger partial charge is 0.335 e. The summed E-state index contributed by atoms with van der Waals surface area (Å²) in [6.45, 7) is 4.28. The monoisotopic (exact) mass is 286 g/mol. The fourth-order valence-electron chi connectivity index (χ4n) is 2.06. The zero-order chi connectivity index (χ0) is 15.4. The molecule has 21 heavy (non-hydrogen) atoms. The second-order valence-corrected chi connectivity index (χ2v) is 4.82. The summed E-state index contributed by atoms with van der Waals surface area (Å²) in [5.41, 5.74) is 3.15. The van der Waals surface area contributed by atoms with Gasteiger partial charge in [-0.2, -0.15) is 0 Å². The Bertz CT molecular complexity index is 662. The number of benzene rings is 2. The molecule has 0 aliphatic rings. The van der Waals surface area contributed by atoms with Crippen LogP contribution in [0.1, 0.15) is 27.0 Å². The minimum atomic E-state index is -0.967. The molecule has 0 unspecified atom stereocenters. The van der Waals surface area contributed by atoms with E-state index in [2.05, 4.69) is 0 Å². The fraction of sp³-hybridized carbons (Fsp3) is 0.235. The van der Waals surface area contributed by atoms with Gasteiger partial charge < -0.3 is 14.6 Å². The van der Waals surface area contributed by atoms with Gasteiger partial charge in [0.2, 0.25) is 0 Å². The van der Waals surface area contributed by atoms with Gasteiger partial charge in [0.25, 0.3) is 0 Å². The minimum absolute atomic E-state index is 0.218. The van der Waals surface area contributed by atoms with Crippen LogP contribution < -0.4 is 9.47 Å². The highest BCUT2D eigenvalue weighted by Crippen LogP contribution is 2.25. The molecule has 0 saturated carbocycles. The summed E-state index contributed by atoms with van der Waals surface area (Å²) in [4.78, 5) is 11.0. The molecular weight excluding hydrogens is 268 g/mol. The zero-order valence-electron chi connectivity index (χ0n) is 12.3. The molecule has 0 saturated heterocycles. The average molecular weight is 286 g/mol. The van der Waals surface area contributed by atoms with Crippen LogP contribution in [-0.4, -0.2) is 18.2 Å². The van der Waals surface area contributed by atoms with Gasteiger partial charge in [0.1, 0.15) is 18.1 Å². The Balaban J connectivity index is 2.24. The number of ether oxygens (including phenoxy) is 2. The van der Waals surface area contributed by atoms with Gasteiger partial charge in [-0.05, 0) is 49.2 Å². The van der Waals surface area contributed by atoms with Crippen LogP contribution in [0.4, 0.5) is 0 Å². The third-order valence-corrected chi connectivity index (χ3v) is 3.47. The van der Waals surface area contributed by atoms with Crippen molar-refractivity contribution in [3.63, 3.8) is 0 Å². The van der Waals surface area contributed by atoms with E-state index in [1.165, 1.54) is 6.07 Å². The summed E-state index contributed by atoms with van der Waals surface area (Å²) in [6.07, 6.45) is 0. The Morgan fingerprint density at radius 1 is 1.14 bits per heavy atom. The summed E-state index contributed by atoms with van der Waals surface area (Å²) >= 11 is 0. The van der Waals surface area contributed by atoms with Crippen LogP contribution in [0.5, 0.6) is 11.5 Å². The first kappa shape index (κ1) is 14.9. The van der Waals surface area contributed by atoms with Crippen LogP contribution >= 0.6 is 0 Å². The van der Waals surface area contributed by atoms with Crippen LogP contribution in [0, 0.1) is 13.8 Å². The third-order valence-electron chi connectivity index (χ3n) is 3.47. The lowest BCUT2D eigenvalue weighted by atomic mass is 10.1. The summed E-state index contributed by atoms with van der Waals surface area (Å²) in [6, 6.07) is 10.6. The molecule has 110 valence electrons. The van der Waals surface area contributed by atoms with Crippen molar-refractivity contribution in [3.05, 3.63) is 58.7 Å². The van der Waals surface area contributed by atoms with Crippen molar-refractivity contribution in [2.75, 3.05) is 7.11 Å². The number of carboxylic acid groups (broad SMARTS) is 1. The number of rotatable bonds is 5. The maximum absolute atomic E-state index is 11.0. The molecule has 0 atom stereocenters. The first-order valence-electron chi connectivity index (χ1n) is 6.62. The summed E-state index contributed by atoms with van der Waals surface area (Å²) < 4.78 is 11.1. The minimum Gasteiger partial charge on any atom is -0.496 e. The SMILES string of the molecule is COc1ccc(C(=O)O)cc1COc1cccc(C)c1C. The Morgan fingerprint density at radius 2 is 1.90 bits per heavy atom. The Morgan fingerprint density at radius 3 is 2.57 bits per heavy atom. The maximum atomic E-state index is 11.0. The lowest BCUT2D eigenvalue weighted by molar-refractivity contribution is 0.0696. The molecule has 0 amide bonds. The number of methoxy groups -OCH3 is 1. The van der Waals surface area contributed by atoms with Crippen molar-refractivity contribution < 1.29 is 19.4 Å². The van der Waals surface area contributed by atoms with Crippen LogP contribution in [0.15, 0.2) is 36.4 Å². The highest BCUT2D eigenvalue weighted by molar-refractivity contribution is 5.88. The van der Waals surface area contributed by atoms with Crippen molar-refractivity contribution in [1.29, 1.82) is 0 Å². The van der Waals surface area contributed by atoms with E-state index < -0.39 is 5.97 Å². The third kappa shape index (κ3) is 3.34. The summed E-state index contributed by atoms with van der Waals surface area (Å²) in [7, 11) is 1.55. The molecule has 0 bridgehead atoms. The molecule has 4 heteroatoms. The highest BCUT2D eigenvalue weighted by Gasteiger charge is 2.10. The van der Waals surface area contributed by atoms with E-state index in [1.807, 2.05) is 32.0 Å². The van der Waals surface area contributed by atoms with Crippen molar-refractivity contribution in [2.45, 2.75) is 20.5 Å². The zero-order valence-corrected chi connectivity index (χ0v) is 12.3. The molecule has 0 aromatic heterocycles. The second kappa shape index (κ2) is 6.31. The molecule has 2 rings (SSSR count). The normalized spacial score (nSPS) is 10.2. The van der Waals surface area contributed by atoms with E-state index in [4.69, 9.17) is 14.6 Å². The molecule has 0 aliphatic carbocycles. The summed E-state index contributed by atoms with van der Waals surface area (Å²) in [5.74, 6) is 0.439. The van der Waals surface area contributed by atoms with Crippen LogP contribution in [0.25, 0.3) is 0 Å². The largest absolute Gasteiger partial charge is 0.496 e. The Labute approximate surface area is 123 Å². The number of carboxylic acids is 1. The average Bonchev–Trinajstić information content (AvgIpc) is 2.48. The number of hydrogen-bond acceptors (Lipinski definition) is 3. The lowest BCUT2D eigenvalue weighted by Gasteiger charge is -2.13. The lowest BCUT2D eigenvalue weighted by Crippen LogP contribution is -2.03. The van der Waals surface area contributed by atoms with E-state index >= 15 is 0 Å². The molecule has 2 aromatic carbocycles. The molecule has 0 radical (unpaired) electrons. The van der Waals surface area contributed by atoms with Crippen LogP contribution in [-0.2, 0) is 6.61 Å². The van der Waals surface area contributed by atoms with Gasteiger partial charge in [0.15, 0.2) is 0 Å². The van der Waals surface area contributed by atoms with E-state index in [0.29, 0.717) is 11.3 Å². The van der Waals surface area contributed by atoms with Gasteiger partial charge in [-0.3, -0.25) is 0 Å². The molecule has 0 spiro atoms. The standard InChI is InChI=1S/C17H18O4/c1-11-5-4-6-15(12(11)2)21-10-14-9-13(17(18)19)7-8-16(14)20-3/h4-9H,10H2,1-3H3,(H,18,19). The van der Waals surface area contributed by atoms with Crippen LogP contribution in [0.2, 0.25) is 0 Å². The fourth-order valence-corrected chi connectivity index (χ4v) is 2.06. The van der Waals surface area contributed by atoms with Gasteiger partial charge in [-0.15, -0.1) is 0 Å². The number of hydrogen-bond donors (Lipinski definition) is 1. The van der Waals surface area contributed by atoms with Gasteiger partial charge in [0, 0.05) is 5.56 Å². The first-order chi connectivity index (χ1) is 10.0. The van der Waals surface area contributed by atoms with Crippen molar-refractivity contribution >= 4 is 5.97 Å². The molecule has 0 heterocycles. The topological polar surface area (TPSA) is 55.8 Å². The Kier molecular flexibility index (Phi) is 4.48. The Hall–Kier alpha value is -2.49. The quantitative estimate of drug-likeness (QED) is 0.912. The summed E-state index contributed by atoms with van der Waals surface area (Å²) in [5, 5.41) is 9.06. The first-order valence-corrected chi connectivity index (χ1v) is 6.62. The van der Waals surface area contributed by atoms with E-state index in [9.17, 15) is 4.79 Å². The number of aryl methyl sites for hydroxylation is 1. The van der Waals surface area contributed by atoms with Crippen molar-refractivity contribution in [1.82, 2.24) is 0 Å². The maximum Gasteiger partial charge on any atom is 0.335 e. The second-order valence-electron chi connectivity index (χ2n) is 4.82. The molecule has 0 aliphatic heterocycles. The highest BCUT2D eigenvalue weighted by atomic mass is 16.5. The van der Waals surface area contributed by atoms with E-state index in [0.717, 1.165) is 16.9 Å². The molecule has 1 N–H and O–H groups in total. The van der Waals surface area contributed by atoms with E-state index in [1.54, 1.807) is 19.2 Å².